The second kappa shape index (κ2) is 30.4. The van der Waals surface area contributed by atoms with Crippen molar-refractivity contribution in [2.45, 2.75) is 168 Å². The van der Waals surface area contributed by atoms with Crippen LogP contribution in [0.4, 0.5) is 0 Å². The van der Waals surface area contributed by atoms with Crippen LogP contribution in [0.25, 0.3) is 0 Å². The average Bonchev–Trinajstić information content (AvgIpc) is 3.11. The predicted octanol–water partition coefficient (Wildman–Crippen LogP) is 4.52. The number of rotatable bonds is 35. The summed E-state index contributed by atoms with van der Waals surface area (Å²) >= 11 is 0. The van der Waals surface area contributed by atoms with E-state index in [-0.39, 0.29) is 103 Å². The van der Waals surface area contributed by atoms with Crippen LogP contribution in [0.15, 0.2) is 0 Å². The maximum atomic E-state index is 13.2. The van der Waals surface area contributed by atoms with E-state index >= 15 is 0 Å². The predicted molar refractivity (Wildman–Crippen MR) is 210 cm³/mol. The van der Waals surface area contributed by atoms with Crippen molar-refractivity contribution >= 4 is 70.1 Å². The molecule has 0 bridgehead atoms. The van der Waals surface area contributed by atoms with Crippen LogP contribution in [-0.2, 0) is 38.4 Å². The smallest absolute Gasteiger partial charge is 0.220 e. The number of carbonyl (C=O) groups is 8. The van der Waals surface area contributed by atoms with E-state index in [1.807, 2.05) is 20.8 Å². The third-order valence-electron chi connectivity index (χ3n) is 8.98. The molecule has 0 aliphatic carbocycles. The van der Waals surface area contributed by atoms with Gasteiger partial charge in [0.2, 0.25) is 11.8 Å². The molecule has 0 rings (SSSR count). The zero-order valence-electron chi connectivity index (χ0n) is 32.9. The van der Waals surface area contributed by atoms with E-state index in [0.717, 1.165) is 32.1 Å². The van der Waals surface area contributed by atoms with E-state index in [1.54, 1.807) is 0 Å². The van der Waals surface area contributed by atoms with Crippen LogP contribution in [0.2, 0.25) is 19.0 Å². The molecular formula is C39H64B3N3O8. The molecule has 14 heteroatoms. The summed E-state index contributed by atoms with van der Waals surface area (Å²) in [5.74, 6) is -0.714. The van der Waals surface area contributed by atoms with Crippen LogP contribution in [0.1, 0.15) is 143 Å². The standard InChI is InChI=1S/C39H64B3N3O8/c1-39(2,3)36(51)20-10-6-5-9-19-35(50)34(18-14-15-23-43-37(52)21-13-12-16-30(46)24-40)44-38(53)22-11-7-4-8-17-31(47)27-45(28-32(48)25-41)29-33(49)26-42/h34H,4-29H2,1-3H3,(H,43,52)(H,44,53)/t34-/m0/s1. The minimum atomic E-state index is -0.612. The van der Waals surface area contributed by atoms with E-state index in [9.17, 15) is 38.4 Å². The Bertz CT molecular complexity index is 1140. The first-order valence-corrected chi connectivity index (χ1v) is 19.6. The van der Waals surface area contributed by atoms with Crippen LogP contribution in [0.3, 0.4) is 0 Å². The highest BCUT2D eigenvalue weighted by molar-refractivity contribution is 6.21. The Morgan fingerprint density at radius 2 is 0.962 bits per heavy atom. The van der Waals surface area contributed by atoms with Gasteiger partial charge < -0.3 is 15.4 Å². The van der Waals surface area contributed by atoms with Gasteiger partial charge in [-0.05, 0) is 76.7 Å². The Labute approximate surface area is 322 Å². The molecule has 53 heavy (non-hydrogen) atoms. The topological polar surface area (TPSA) is 164 Å². The summed E-state index contributed by atoms with van der Waals surface area (Å²) < 4.78 is 0. The van der Waals surface area contributed by atoms with Gasteiger partial charge in [-0.15, -0.1) is 0 Å². The Kier molecular flexibility index (Phi) is 28.8. The molecule has 0 aliphatic rings. The fourth-order valence-electron chi connectivity index (χ4n) is 5.65. The molecule has 0 aromatic rings. The Hall–Kier alpha value is -2.89. The molecule has 2 N–H and O–H groups in total. The minimum absolute atomic E-state index is 0.0171. The van der Waals surface area contributed by atoms with Gasteiger partial charge in [0.1, 0.15) is 28.9 Å². The van der Waals surface area contributed by atoms with Crippen LogP contribution >= 0.6 is 0 Å². The summed E-state index contributed by atoms with van der Waals surface area (Å²) in [5, 5.41) is 5.81. The third-order valence-corrected chi connectivity index (χ3v) is 8.98. The van der Waals surface area contributed by atoms with Crippen molar-refractivity contribution in [1.29, 1.82) is 0 Å². The van der Waals surface area contributed by atoms with Crippen molar-refractivity contribution < 1.29 is 38.4 Å². The lowest BCUT2D eigenvalue weighted by atomic mass is 9.87. The maximum Gasteiger partial charge on any atom is 0.220 e. The average molecular weight is 735 g/mol. The molecule has 0 saturated heterocycles. The molecule has 0 aromatic carbocycles. The van der Waals surface area contributed by atoms with Crippen LogP contribution in [0.5, 0.6) is 0 Å². The van der Waals surface area contributed by atoms with Gasteiger partial charge in [-0.1, -0.05) is 46.5 Å². The first-order valence-electron chi connectivity index (χ1n) is 19.6. The van der Waals surface area contributed by atoms with Gasteiger partial charge in [-0.2, -0.15) is 0 Å². The highest BCUT2D eigenvalue weighted by Gasteiger charge is 2.22. The summed E-state index contributed by atoms with van der Waals surface area (Å²) in [7, 11) is 16.1. The first kappa shape index (κ1) is 50.1. The lowest BCUT2D eigenvalue weighted by Crippen LogP contribution is -2.40. The lowest BCUT2D eigenvalue weighted by molar-refractivity contribution is -0.128. The molecule has 1 atom stereocenters. The number of hydrogen-bond acceptors (Lipinski definition) is 9. The Morgan fingerprint density at radius 3 is 1.53 bits per heavy atom. The van der Waals surface area contributed by atoms with E-state index in [4.69, 9.17) is 23.5 Å². The minimum Gasteiger partial charge on any atom is -0.356 e. The second-order valence-corrected chi connectivity index (χ2v) is 15.1. The number of unbranched alkanes of at least 4 members (excludes halogenated alkanes) is 8. The number of nitrogens with one attached hydrogen (secondary N) is 2. The number of amides is 2. The number of hydrogen-bond donors (Lipinski definition) is 2. The van der Waals surface area contributed by atoms with Gasteiger partial charge >= 0.3 is 0 Å². The van der Waals surface area contributed by atoms with E-state index in [0.29, 0.717) is 83.6 Å². The van der Waals surface area contributed by atoms with Gasteiger partial charge in [0, 0.05) is 50.5 Å². The molecular weight excluding hydrogens is 671 g/mol. The van der Waals surface area contributed by atoms with E-state index in [2.05, 4.69) is 10.6 Å². The van der Waals surface area contributed by atoms with Crippen molar-refractivity contribution in [3.05, 3.63) is 0 Å². The first-order chi connectivity index (χ1) is 25.1. The summed E-state index contributed by atoms with van der Waals surface area (Å²) in [6.45, 7) is 6.02. The summed E-state index contributed by atoms with van der Waals surface area (Å²) in [4.78, 5) is 99.1. The lowest BCUT2D eigenvalue weighted by Gasteiger charge is -2.19. The number of carbonyl (C=O) groups excluding carboxylic acids is 8. The molecule has 0 aromatic heterocycles. The number of nitrogens with zero attached hydrogens (tertiary/aromatic N) is 1. The van der Waals surface area contributed by atoms with Crippen molar-refractivity contribution in [2.24, 2.45) is 5.41 Å². The van der Waals surface area contributed by atoms with Gasteiger partial charge in [-0.25, -0.2) is 0 Å². The monoisotopic (exact) mass is 735 g/mol. The number of Topliss-reactive ketones (excluding diaryl/α,β-unsaturated/α-hetero) is 6. The number of ketones is 6. The third kappa shape index (κ3) is 28.3. The van der Waals surface area contributed by atoms with Crippen molar-refractivity contribution in [1.82, 2.24) is 15.5 Å². The summed E-state index contributed by atoms with van der Waals surface area (Å²) in [6.07, 6.45) is 10.6. The Morgan fingerprint density at radius 1 is 0.509 bits per heavy atom. The zero-order valence-corrected chi connectivity index (χ0v) is 32.9. The van der Waals surface area contributed by atoms with Crippen molar-refractivity contribution in [2.75, 3.05) is 26.2 Å². The molecule has 0 aliphatic heterocycles. The highest BCUT2D eigenvalue weighted by atomic mass is 16.2. The highest BCUT2D eigenvalue weighted by Crippen LogP contribution is 2.19. The maximum absolute atomic E-state index is 13.2. The van der Waals surface area contributed by atoms with Crippen LogP contribution < -0.4 is 10.6 Å². The molecule has 2 amide bonds. The van der Waals surface area contributed by atoms with Gasteiger partial charge in [0.15, 0.2) is 5.78 Å². The van der Waals surface area contributed by atoms with Crippen LogP contribution in [-0.4, -0.2) is 107 Å². The molecule has 6 radical (unpaired) electrons. The fraction of sp³-hybridized carbons (Fsp3) is 0.795. The summed E-state index contributed by atoms with van der Waals surface area (Å²) in [5.41, 5.74) is -0.347. The molecule has 0 heterocycles. The zero-order chi connectivity index (χ0) is 40.1. The quantitative estimate of drug-likeness (QED) is 0.0704. The molecule has 292 valence electrons. The SMILES string of the molecule is [B]CC(=O)CCCCC(=O)NCCCC[C@H](NC(=O)CCCCCCC(=O)CN(CC(=O)C[B])CC(=O)C[B])C(=O)CCCCCCC(=O)C(C)(C)C. The normalized spacial score (nSPS) is 11.9. The van der Waals surface area contributed by atoms with Gasteiger partial charge in [0.25, 0.3) is 0 Å². The molecule has 0 fully saturated rings. The second-order valence-electron chi connectivity index (χ2n) is 15.1. The van der Waals surface area contributed by atoms with Gasteiger partial charge in [-0.3, -0.25) is 38.5 Å². The molecule has 0 spiro atoms. The molecule has 0 unspecified atom stereocenters. The Balaban J connectivity index is 4.73. The molecule has 11 nitrogen and oxygen atoms in total. The van der Waals surface area contributed by atoms with Crippen molar-refractivity contribution in [3.8, 4) is 0 Å². The van der Waals surface area contributed by atoms with E-state index < -0.39 is 6.04 Å². The fourth-order valence-corrected chi connectivity index (χ4v) is 5.65. The van der Waals surface area contributed by atoms with Gasteiger partial charge in [0.05, 0.1) is 49.2 Å². The van der Waals surface area contributed by atoms with E-state index in [1.165, 1.54) is 4.90 Å². The van der Waals surface area contributed by atoms with Crippen molar-refractivity contribution in [3.63, 3.8) is 0 Å². The largest absolute Gasteiger partial charge is 0.356 e. The summed E-state index contributed by atoms with van der Waals surface area (Å²) in [6, 6.07) is -0.612. The molecule has 0 saturated carbocycles. The van der Waals surface area contributed by atoms with Crippen LogP contribution in [0, 0.1) is 5.41 Å².